The molecule has 0 aliphatic rings. The molecule has 0 saturated carbocycles. The summed E-state index contributed by atoms with van der Waals surface area (Å²) in [6.45, 7) is 4.62. The molecule has 0 unspecified atom stereocenters. The van der Waals surface area contributed by atoms with Gasteiger partial charge >= 0.3 is 5.97 Å². The molecule has 0 saturated heterocycles. The zero-order chi connectivity index (χ0) is 12.0. The van der Waals surface area contributed by atoms with Crippen molar-refractivity contribution in [2.45, 2.75) is 26.3 Å². The minimum absolute atomic E-state index is 0.355. The summed E-state index contributed by atoms with van der Waals surface area (Å²) in [5, 5.41) is 0. The molecule has 0 fully saturated rings. The number of hydrogen-bond acceptors (Lipinski definition) is 3. The van der Waals surface area contributed by atoms with Crippen molar-refractivity contribution in [1.82, 2.24) is 0 Å². The van der Waals surface area contributed by atoms with Gasteiger partial charge in [-0.05, 0) is 17.9 Å². The SMILES string of the molecule is CC(C)CCOC(=O)[C@@H](N)c1ccccc1. The molecular formula is C13H19NO2. The monoisotopic (exact) mass is 221 g/mol. The molecule has 3 heteroatoms. The Labute approximate surface area is 96.6 Å². The van der Waals surface area contributed by atoms with E-state index >= 15 is 0 Å². The van der Waals surface area contributed by atoms with Gasteiger partial charge in [0.15, 0.2) is 0 Å². The van der Waals surface area contributed by atoms with Gasteiger partial charge < -0.3 is 10.5 Å². The minimum atomic E-state index is -0.673. The summed E-state index contributed by atoms with van der Waals surface area (Å²) in [5.74, 6) is 0.174. The Kier molecular flexibility index (Phi) is 4.99. The Morgan fingerprint density at radius 1 is 1.31 bits per heavy atom. The van der Waals surface area contributed by atoms with E-state index in [0.29, 0.717) is 12.5 Å². The van der Waals surface area contributed by atoms with E-state index in [0.717, 1.165) is 12.0 Å². The van der Waals surface area contributed by atoms with Crippen LogP contribution in [0.25, 0.3) is 0 Å². The number of carbonyl (C=O) groups is 1. The lowest BCUT2D eigenvalue weighted by Gasteiger charge is -2.12. The molecule has 1 rings (SSSR count). The van der Waals surface area contributed by atoms with E-state index in [9.17, 15) is 4.79 Å². The van der Waals surface area contributed by atoms with Gasteiger partial charge in [0.1, 0.15) is 6.04 Å². The van der Waals surface area contributed by atoms with E-state index < -0.39 is 6.04 Å². The average Bonchev–Trinajstić information content (AvgIpc) is 2.28. The zero-order valence-corrected chi connectivity index (χ0v) is 9.85. The Balaban J connectivity index is 2.43. The second-order valence-corrected chi connectivity index (χ2v) is 4.24. The van der Waals surface area contributed by atoms with E-state index in [1.54, 1.807) is 0 Å². The molecule has 0 bridgehead atoms. The van der Waals surface area contributed by atoms with Crippen molar-refractivity contribution >= 4 is 5.97 Å². The van der Waals surface area contributed by atoms with Crippen molar-refractivity contribution in [2.24, 2.45) is 11.7 Å². The van der Waals surface area contributed by atoms with Crippen LogP contribution in [0.4, 0.5) is 0 Å². The fraction of sp³-hybridized carbons (Fsp3) is 0.462. The van der Waals surface area contributed by atoms with Crippen molar-refractivity contribution in [3.05, 3.63) is 35.9 Å². The molecule has 3 nitrogen and oxygen atoms in total. The second-order valence-electron chi connectivity index (χ2n) is 4.24. The van der Waals surface area contributed by atoms with Gasteiger partial charge in [0.25, 0.3) is 0 Å². The van der Waals surface area contributed by atoms with Crippen LogP contribution in [0.1, 0.15) is 31.9 Å². The van der Waals surface area contributed by atoms with Crippen LogP contribution in [0.2, 0.25) is 0 Å². The molecule has 0 amide bonds. The normalized spacial score (nSPS) is 12.5. The van der Waals surface area contributed by atoms with Gasteiger partial charge in [0.2, 0.25) is 0 Å². The molecule has 88 valence electrons. The highest BCUT2D eigenvalue weighted by Gasteiger charge is 2.16. The van der Waals surface area contributed by atoms with Gasteiger partial charge in [-0.3, -0.25) is 0 Å². The lowest BCUT2D eigenvalue weighted by molar-refractivity contribution is -0.145. The largest absolute Gasteiger partial charge is 0.464 e. The van der Waals surface area contributed by atoms with Crippen LogP contribution in [0.5, 0.6) is 0 Å². The van der Waals surface area contributed by atoms with E-state index in [1.807, 2.05) is 30.3 Å². The number of carbonyl (C=O) groups excluding carboxylic acids is 1. The molecule has 16 heavy (non-hydrogen) atoms. The smallest absolute Gasteiger partial charge is 0.327 e. The highest BCUT2D eigenvalue weighted by Crippen LogP contribution is 2.11. The standard InChI is InChI=1S/C13H19NO2/c1-10(2)8-9-16-13(15)12(14)11-6-4-3-5-7-11/h3-7,10,12H,8-9,14H2,1-2H3/t12-/m0/s1. The first-order valence-corrected chi connectivity index (χ1v) is 5.58. The van der Waals surface area contributed by atoms with Crippen LogP contribution in [-0.4, -0.2) is 12.6 Å². The van der Waals surface area contributed by atoms with Crippen molar-refractivity contribution in [2.75, 3.05) is 6.61 Å². The molecular weight excluding hydrogens is 202 g/mol. The fourth-order valence-corrected chi connectivity index (χ4v) is 1.28. The molecule has 0 aliphatic carbocycles. The first kappa shape index (κ1) is 12.7. The highest BCUT2D eigenvalue weighted by molar-refractivity contribution is 5.77. The molecule has 1 atom stereocenters. The Hall–Kier alpha value is -1.35. The molecule has 1 aromatic carbocycles. The summed E-state index contributed by atoms with van der Waals surface area (Å²) in [7, 11) is 0. The quantitative estimate of drug-likeness (QED) is 0.776. The van der Waals surface area contributed by atoms with Gasteiger partial charge in [-0.15, -0.1) is 0 Å². The fourth-order valence-electron chi connectivity index (χ4n) is 1.28. The third kappa shape index (κ3) is 4.03. The van der Waals surface area contributed by atoms with Gasteiger partial charge in [0.05, 0.1) is 6.61 Å². The van der Waals surface area contributed by atoms with Gasteiger partial charge in [-0.1, -0.05) is 44.2 Å². The molecule has 0 spiro atoms. The lowest BCUT2D eigenvalue weighted by atomic mass is 10.1. The van der Waals surface area contributed by atoms with E-state index in [2.05, 4.69) is 13.8 Å². The summed E-state index contributed by atoms with van der Waals surface area (Å²) in [5.41, 5.74) is 6.57. The maximum absolute atomic E-state index is 11.6. The number of hydrogen-bond donors (Lipinski definition) is 1. The van der Waals surface area contributed by atoms with Crippen LogP contribution >= 0.6 is 0 Å². The molecule has 2 N–H and O–H groups in total. The average molecular weight is 221 g/mol. The first-order valence-electron chi connectivity index (χ1n) is 5.58. The van der Waals surface area contributed by atoms with E-state index in [1.165, 1.54) is 0 Å². The summed E-state index contributed by atoms with van der Waals surface area (Å²) in [6, 6.07) is 8.59. The number of esters is 1. The summed E-state index contributed by atoms with van der Waals surface area (Å²) < 4.78 is 5.11. The third-order valence-electron chi connectivity index (χ3n) is 2.35. The van der Waals surface area contributed by atoms with Crippen molar-refractivity contribution in [1.29, 1.82) is 0 Å². The maximum atomic E-state index is 11.6. The number of rotatable bonds is 5. The predicted octanol–water partition coefficient (Wildman–Crippen LogP) is 2.28. The number of benzene rings is 1. The van der Waals surface area contributed by atoms with Crippen molar-refractivity contribution < 1.29 is 9.53 Å². The minimum Gasteiger partial charge on any atom is -0.464 e. The summed E-state index contributed by atoms with van der Waals surface area (Å²) >= 11 is 0. The Bertz CT molecular complexity index is 322. The van der Waals surface area contributed by atoms with Crippen LogP contribution in [0, 0.1) is 5.92 Å². The van der Waals surface area contributed by atoms with Crippen LogP contribution < -0.4 is 5.73 Å². The van der Waals surface area contributed by atoms with Crippen LogP contribution in [-0.2, 0) is 9.53 Å². The molecule has 0 heterocycles. The Morgan fingerprint density at radius 3 is 2.50 bits per heavy atom. The molecule has 0 radical (unpaired) electrons. The van der Waals surface area contributed by atoms with Crippen molar-refractivity contribution in [3.63, 3.8) is 0 Å². The number of nitrogens with two attached hydrogens (primary N) is 1. The van der Waals surface area contributed by atoms with Gasteiger partial charge in [-0.2, -0.15) is 0 Å². The topological polar surface area (TPSA) is 52.3 Å². The van der Waals surface area contributed by atoms with Gasteiger partial charge in [-0.25, -0.2) is 4.79 Å². The second kappa shape index (κ2) is 6.28. The molecule has 0 aromatic heterocycles. The predicted molar refractivity (Wildman–Crippen MR) is 63.8 cm³/mol. The molecule has 0 aliphatic heterocycles. The maximum Gasteiger partial charge on any atom is 0.327 e. The van der Waals surface area contributed by atoms with E-state index in [4.69, 9.17) is 10.5 Å². The van der Waals surface area contributed by atoms with E-state index in [-0.39, 0.29) is 5.97 Å². The Morgan fingerprint density at radius 2 is 1.94 bits per heavy atom. The zero-order valence-electron chi connectivity index (χ0n) is 9.85. The third-order valence-corrected chi connectivity index (χ3v) is 2.35. The summed E-state index contributed by atoms with van der Waals surface area (Å²) in [4.78, 5) is 11.6. The van der Waals surface area contributed by atoms with Crippen LogP contribution in [0.15, 0.2) is 30.3 Å². The summed E-state index contributed by atoms with van der Waals surface area (Å²) in [6.07, 6.45) is 0.868. The lowest BCUT2D eigenvalue weighted by Crippen LogP contribution is -2.24. The highest BCUT2D eigenvalue weighted by atomic mass is 16.5. The molecule has 1 aromatic rings. The van der Waals surface area contributed by atoms with Crippen LogP contribution in [0.3, 0.4) is 0 Å². The number of ether oxygens (including phenoxy) is 1. The first-order chi connectivity index (χ1) is 7.61. The van der Waals surface area contributed by atoms with Gasteiger partial charge in [0, 0.05) is 0 Å². The van der Waals surface area contributed by atoms with Crippen molar-refractivity contribution in [3.8, 4) is 0 Å².